The first-order chi connectivity index (χ1) is 14.8. The molecule has 1 N–H and O–H groups in total. The number of hydrogen-bond donors (Lipinski definition) is 1. The van der Waals surface area contributed by atoms with E-state index in [1.165, 1.54) is 12.8 Å². The number of carbonyl (C=O) groups excluding carboxylic acids is 1. The molecule has 2 heterocycles. The Morgan fingerprint density at radius 3 is 2.27 bits per heavy atom. The summed E-state index contributed by atoms with van der Waals surface area (Å²) in [6.45, 7) is 2.87. The fraction of sp³-hybridized carbons (Fsp3) is 0.292. The summed E-state index contributed by atoms with van der Waals surface area (Å²) in [7, 11) is 0. The number of rotatable bonds is 5. The van der Waals surface area contributed by atoms with Crippen molar-refractivity contribution in [2.45, 2.75) is 18.8 Å². The second-order valence-corrected chi connectivity index (χ2v) is 7.91. The molecule has 0 atom stereocenters. The highest BCUT2D eigenvalue weighted by Crippen LogP contribution is 2.38. The molecule has 5 rings (SSSR count). The molecule has 0 bridgehead atoms. The van der Waals surface area contributed by atoms with Gasteiger partial charge in [-0.15, -0.1) is 5.10 Å². The predicted molar refractivity (Wildman–Crippen MR) is 118 cm³/mol. The fourth-order valence-corrected chi connectivity index (χ4v) is 3.87. The number of hydrogen-bond acceptors (Lipinski definition) is 5. The summed E-state index contributed by atoms with van der Waals surface area (Å²) < 4.78 is 0. The van der Waals surface area contributed by atoms with Crippen LogP contribution in [0.3, 0.4) is 0 Å². The van der Waals surface area contributed by atoms with Gasteiger partial charge in [-0.1, -0.05) is 30.3 Å². The minimum atomic E-state index is 0.0591. The fourth-order valence-electron chi connectivity index (χ4n) is 3.87. The van der Waals surface area contributed by atoms with Crippen LogP contribution in [0.15, 0.2) is 66.7 Å². The van der Waals surface area contributed by atoms with Gasteiger partial charge in [-0.25, -0.2) is 0 Å². The molecule has 2 aliphatic rings. The lowest BCUT2D eigenvalue weighted by atomic mass is 10.1. The van der Waals surface area contributed by atoms with Crippen molar-refractivity contribution in [3.63, 3.8) is 0 Å². The standard InChI is InChI=1S/C24H25N5O/c30-24(20-8-4-5-9-22(20)25-19-6-2-1-3-7-19)29-16-14-28(15-17-29)23-13-12-21(26-27-23)18-10-11-18/h1-9,12-13,18,25H,10-11,14-17H2. The predicted octanol–water partition coefficient (Wildman–Crippen LogP) is 4.06. The Morgan fingerprint density at radius 1 is 0.833 bits per heavy atom. The van der Waals surface area contributed by atoms with Crippen LogP contribution in [0.5, 0.6) is 0 Å². The Labute approximate surface area is 176 Å². The molecule has 0 spiro atoms. The molecule has 0 unspecified atom stereocenters. The number of nitrogens with one attached hydrogen (secondary N) is 1. The van der Waals surface area contributed by atoms with Gasteiger partial charge in [-0.05, 0) is 49.2 Å². The molecule has 3 aromatic rings. The summed E-state index contributed by atoms with van der Waals surface area (Å²) in [5, 5.41) is 12.2. The number of anilines is 3. The number of carbonyl (C=O) groups is 1. The van der Waals surface area contributed by atoms with E-state index in [0.29, 0.717) is 24.6 Å². The molecular formula is C24H25N5O. The van der Waals surface area contributed by atoms with Crippen molar-refractivity contribution in [2.24, 2.45) is 0 Å². The van der Waals surface area contributed by atoms with Crippen LogP contribution in [0.4, 0.5) is 17.2 Å². The molecule has 1 amide bonds. The smallest absolute Gasteiger partial charge is 0.256 e. The van der Waals surface area contributed by atoms with Gasteiger partial charge in [-0.2, -0.15) is 5.10 Å². The maximum absolute atomic E-state index is 13.2. The normalized spacial score (nSPS) is 16.4. The van der Waals surface area contributed by atoms with Gasteiger partial charge in [0.2, 0.25) is 0 Å². The summed E-state index contributed by atoms with van der Waals surface area (Å²) >= 11 is 0. The van der Waals surface area contributed by atoms with E-state index in [1.807, 2.05) is 59.5 Å². The van der Waals surface area contributed by atoms with E-state index in [4.69, 9.17) is 0 Å². The summed E-state index contributed by atoms with van der Waals surface area (Å²) in [5.41, 5.74) is 3.60. The van der Waals surface area contributed by atoms with E-state index < -0.39 is 0 Å². The third-order valence-corrected chi connectivity index (χ3v) is 5.77. The van der Waals surface area contributed by atoms with Crippen LogP contribution in [-0.2, 0) is 0 Å². The highest BCUT2D eigenvalue weighted by Gasteiger charge is 2.27. The van der Waals surface area contributed by atoms with Crippen LogP contribution in [0.1, 0.15) is 34.8 Å². The first kappa shape index (κ1) is 18.6. The zero-order chi connectivity index (χ0) is 20.3. The van der Waals surface area contributed by atoms with Crippen molar-refractivity contribution in [2.75, 3.05) is 36.4 Å². The number of benzene rings is 2. The molecule has 152 valence electrons. The second-order valence-electron chi connectivity index (χ2n) is 7.91. The van der Waals surface area contributed by atoms with Crippen molar-refractivity contribution in [3.05, 3.63) is 78.0 Å². The Hall–Kier alpha value is -3.41. The molecule has 2 fully saturated rings. The lowest BCUT2D eigenvalue weighted by Crippen LogP contribution is -2.49. The molecule has 1 aromatic heterocycles. The van der Waals surface area contributed by atoms with Gasteiger partial charge in [0.15, 0.2) is 5.82 Å². The van der Waals surface area contributed by atoms with E-state index in [2.05, 4.69) is 32.5 Å². The number of amides is 1. The van der Waals surface area contributed by atoms with Crippen LogP contribution < -0.4 is 10.2 Å². The lowest BCUT2D eigenvalue weighted by Gasteiger charge is -2.35. The van der Waals surface area contributed by atoms with Gasteiger partial charge < -0.3 is 15.1 Å². The Kier molecular flexibility index (Phi) is 5.05. The van der Waals surface area contributed by atoms with E-state index in [-0.39, 0.29) is 5.91 Å². The third-order valence-electron chi connectivity index (χ3n) is 5.77. The average molecular weight is 399 g/mol. The first-order valence-corrected chi connectivity index (χ1v) is 10.6. The number of aromatic nitrogens is 2. The van der Waals surface area contributed by atoms with Crippen molar-refractivity contribution < 1.29 is 4.79 Å². The Balaban J connectivity index is 1.24. The molecule has 30 heavy (non-hydrogen) atoms. The largest absolute Gasteiger partial charge is 0.355 e. The quantitative estimate of drug-likeness (QED) is 0.701. The van der Waals surface area contributed by atoms with Gasteiger partial charge in [0.05, 0.1) is 16.9 Å². The van der Waals surface area contributed by atoms with Gasteiger partial charge in [-0.3, -0.25) is 4.79 Å². The zero-order valence-corrected chi connectivity index (χ0v) is 16.9. The topological polar surface area (TPSA) is 61.4 Å². The van der Waals surface area contributed by atoms with Crippen molar-refractivity contribution in [1.82, 2.24) is 15.1 Å². The van der Waals surface area contributed by atoms with E-state index >= 15 is 0 Å². The molecule has 2 aromatic carbocycles. The Morgan fingerprint density at radius 2 is 1.57 bits per heavy atom. The van der Waals surface area contributed by atoms with Gasteiger partial charge >= 0.3 is 0 Å². The van der Waals surface area contributed by atoms with Crippen LogP contribution in [0.2, 0.25) is 0 Å². The second kappa shape index (κ2) is 8.14. The van der Waals surface area contributed by atoms with Gasteiger partial charge in [0.25, 0.3) is 5.91 Å². The highest BCUT2D eigenvalue weighted by atomic mass is 16.2. The minimum Gasteiger partial charge on any atom is -0.355 e. The molecule has 1 aliphatic carbocycles. The SMILES string of the molecule is O=C(c1ccccc1Nc1ccccc1)N1CCN(c2ccc(C3CC3)nn2)CC1. The maximum atomic E-state index is 13.2. The lowest BCUT2D eigenvalue weighted by molar-refractivity contribution is 0.0747. The zero-order valence-electron chi connectivity index (χ0n) is 16.9. The molecule has 1 saturated carbocycles. The molecule has 0 radical (unpaired) electrons. The average Bonchev–Trinajstić information content (AvgIpc) is 3.66. The molecule has 6 nitrogen and oxygen atoms in total. The summed E-state index contributed by atoms with van der Waals surface area (Å²) in [5.74, 6) is 1.58. The van der Waals surface area contributed by atoms with E-state index in [1.54, 1.807) is 0 Å². The molecule has 1 saturated heterocycles. The van der Waals surface area contributed by atoms with Gasteiger partial charge in [0.1, 0.15) is 0 Å². The first-order valence-electron chi connectivity index (χ1n) is 10.6. The molecule has 1 aliphatic heterocycles. The van der Waals surface area contributed by atoms with Crippen molar-refractivity contribution in [1.29, 1.82) is 0 Å². The monoisotopic (exact) mass is 399 g/mol. The molecular weight excluding hydrogens is 374 g/mol. The van der Waals surface area contributed by atoms with E-state index in [9.17, 15) is 4.79 Å². The summed E-state index contributed by atoms with van der Waals surface area (Å²) in [6, 6.07) is 21.8. The Bertz CT molecular complexity index is 1010. The van der Waals surface area contributed by atoms with Gasteiger partial charge in [0, 0.05) is 37.8 Å². The van der Waals surface area contributed by atoms with Crippen LogP contribution in [0, 0.1) is 0 Å². The van der Waals surface area contributed by atoms with E-state index in [0.717, 1.165) is 36.0 Å². The van der Waals surface area contributed by atoms with Crippen LogP contribution >= 0.6 is 0 Å². The minimum absolute atomic E-state index is 0.0591. The third kappa shape index (κ3) is 3.99. The maximum Gasteiger partial charge on any atom is 0.256 e. The summed E-state index contributed by atoms with van der Waals surface area (Å²) in [6.07, 6.45) is 2.46. The highest BCUT2D eigenvalue weighted by molar-refractivity contribution is 6.00. The van der Waals surface area contributed by atoms with Crippen molar-refractivity contribution in [3.8, 4) is 0 Å². The van der Waals surface area contributed by atoms with Crippen LogP contribution in [0.25, 0.3) is 0 Å². The summed E-state index contributed by atoms with van der Waals surface area (Å²) in [4.78, 5) is 17.4. The number of para-hydroxylation sites is 2. The van der Waals surface area contributed by atoms with Crippen LogP contribution in [-0.4, -0.2) is 47.2 Å². The number of piperazine rings is 1. The van der Waals surface area contributed by atoms with Crippen molar-refractivity contribution >= 4 is 23.1 Å². The molecule has 6 heteroatoms. The number of nitrogens with zero attached hydrogens (tertiary/aromatic N) is 4.